The van der Waals surface area contributed by atoms with Gasteiger partial charge in [-0.2, -0.15) is 0 Å². The lowest BCUT2D eigenvalue weighted by Crippen LogP contribution is -2.31. The first-order valence-electron chi connectivity index (χ1n) is 13.4. The van der Waals surface area contributed by atoms with Crippen LogP contribution in [0.4, 0.5) is 4.79 Å². The van der Waals surface area contributed by atoms with Crippen molar-refractivity contribution in [1.29, 1.82) is 0 Å². The van der Waals surface area contributed by atoms with Gasteiger partial charge in [0.05, 0.1) is 19.6 Å². The maximum atomic E-state index is 13.0. The Morgan fingerprint density at radius 2 is 1.68 bits per heavy atom. The Bertz CT molecular complexity index is 1240. The molecule has 200 valence electrons. The molecule has 1 aliphatic rings. The van der Waals surface area contributed by atoms with Gasteiger partial charge in [-0.1, -0.05) is 60.2 Å². The number of amides is 1. The van der Waals surface area contributed by atoms with Gasteiger partial charge in [-0.05, 0) is 73.9 Å². The molecule has 0 atom stereocenters. The van der Waals surface area contributed by atoms with E-state index in [1.807, 2.05) is 62.4 Å². The maximum absolute atomic E-state index is 13.0. The van der Waals surface area contributed by atoms with Crippen molar-refractivity contribution in [2.24, 2.45) is 5.92 Å². The number of carbonyl (C=O) groups is 2. The van der Waals surface area contributed by atoms with E-state index in [-0.39, 0.29) is 25.1 Å². The Kier molecular flexibility index (Phi) is 9.41. The minimum atomic E-state index is -0.356. The highest BCUT2D eigenvalue weighted by Crippen LogP contribution is 2.37. The van der Waals surface area contributed by atoms with Gasteiger partial charge in [0, 0.05) is 18.7 Å². The van der Waals surface area contributed by atoms with E-state index in [4.69, 9.17) is 14.2 Å². The molecule has 1 amide bonds. The second kappa shape index (κ2) is 13.1. The Morgan fingerprint density at radius 3 is 2.39 bits per heavy atom. The van der Waals surface area contributed by atoms with Crippen LogP contribution in [0.3, 0.4) is 0 Å². The molecule has 3 aromatic rings. The molecular weight excluding hydrogens is 478 g/mol. The van der Waals surface area contributed by atoms with E-state index in [9.17, 15) is 9.59 Å². The number of esters is 1. The van der Waals surface area contributed by atoms with Gasteiger partial charge in [-0.25, -0.2) is 4.79 Å². The number of hydrogen-bond acceptors (Lipinski definition) is 5. The molecule has 4 rings (SSSR count). The van der Waals surface area contributed by atoms with Gasteiger partial charge in [0.1, 0.15) is 12.4 Å². The van der Waals surface area contributed by atoms with E-state index in [1.54, 1.807) is 11.8 Å². The molecule has 0 aromatic heterocycles. The lowest BCUT2D eigenvalue weighted by Gasteiger charge is -2.23. The maximum Gasteiger partial charge on any atom is 0.410 e. The first kappa shape index (κ1) is 27.2. The van der Waals surface area contributed by atoms with Crippen LogP contribution >= 0.6 is 0 Å². The molecule has 0 saturated heterocycles. The van der Waals surface area contributed by atoms with Crippen molar-refractivity contribution < 1.29 is 23.8 Å². The second-order valence-corrected chi connectivity index (χ2v) is 9.78. The first-order chi connectivity index (χ1) is 18.5. The summed E-state index contributed by atoms with van der Waals surface area (Å²) in [6.07, 6.45) is 2.23. The number of benzene rings is 3. The predicted octanol–water partition coefficient (Wildman–Crippen LogP) is 6.72. The molecule has 0 unspecified atom stereocenters. The van der Waals surface area contributed by atoms with Crippen molar-refractivity contribution in [1.82, 2.24) is 4.90 Å². The van der Waals surface area contributed by atoms with Crippen LogP contribution in [0.25, 0.3) is 11.1 Å². The van der Waals surface area contributed by atoms with Gasteiger partial charge < -0.3 is 19.1 Å². The molecule has 6 nitrogen and oxygen atoms in total. The van der Waals surface area contributed by atoms with Gasteiger partial charge in [0.2, 0.25) is 0 Å². The van der Waals surface area contributed by atoms with Crippen molar-refractivity contribution in [3.8, 4) is 16.9 Å². The molecule has 0 radical (unpaired) electrons. The number of hydrogen-bond donors (Lipinski definition) is 0. The fourth-order valence-corrected chi connectivity index (χ4v) is 4.33. The molecule has 3 aromatic carbocycles. The molecule has 1 aliphatic carbocycles. The molecular formula is C32H37NO5. The van der Waals surface area contributed by atoms with E-state index in [0.717, 1.165) is 39.1 Å². The van der Waals surface area contributed by atoms with Crippen molar-refractivity contribution in [2.45, 2.75) is 53.2 Å². The van der Waals surface area contributed by atoms with E-state index in [0.29, 0.717) is 32.2 Å². The normalized spacial score (nSPS) is 12.6. The van der Waals surface area contributed by atoms with Gasteiger partial charge in [0.15, 0.2) is 0 Å². The highest BCUT2D eigenvalue weighted by atomic mass is 16.6. The van der Waals surface area contributed by atoms with Crippen molar-refractivity contribution in [3.05, 3.63) is 89.0 Å². The highest BCUT2D eigenvalue weighted by molar-refractivity contribution is 5.78. The number of nitrogens with zero attached hydrogens (tertiary/aromatic N) is 1. The molecule has 0 spiro atoms. The Balaban J connectivity index is 1.60. The molecule has 38 heavy (non-hydrogen) atoms. The summed E-state index contributed by atoms with van der Waals surface area (Å²) in [5, 5.41) is 0. The molecule has 6 heteroatoms. The number of carbonyl (C=O) groups excluding carboxylic acids is 2. The summed E-state index contributed by atoms with van der Waals surface area (Å²) in [6, 6.07) is 21.8. The third kappa shape index (κ3) is 7.60. The van der Waals surface area contributed by atoms with Gasteiger partial charge in [0.25, 0.3) is 0 Å². The van der Waals surface area contributed by atoms with Crippen LogP contribution < -0.4 is 4.74 Å². The summed E-state index contributed by atoms with van der Waals surface area (Å²) in [5.74, 6) is 1.13. The summed E-state index contributed by atoms with van der Waals surface area (Å²) in [6.45, 7) is 7.96. The molecule has 0 bridgehead atoms. The van der Waals surface area contributed by atoms with Crippen LogP contribution in [0.2, 0.25) is 0 Å². The van der Waals surface area contributed by atoms with Crippen LogP contribution in [0, 0.1) is 12.8 Å². The number of aryl methyl sites for hydroxylation is 1. The van der Waals surface area contributed by atoms with E-state index in [1.165, 1.54) is 12.8 Å². The Morgan fingerprint density at radius 1 is 0.895 bits per heavy atom. The average Bonchev–Trinajstić information content (AvgIpc) is 3.75. The monoisotopic (exact) mass is 515 g/mol. The summed E-state index contributed by atoms with van der Waals surface area (Å²) in [5.41, 5.74) is 5.79. The number of rotatable bonds is 12. The summed E-state index contributed by atoms with van der Waals surface area (Å²) < 4.78 is 17.0. The molecule has 0 aliphatic heterocycles. The third-order valence-electron chi connectivity index (χ3n) is 6.63. The smallest absolute Gasteiger partial charge is 0.410 e. The lowest BCUT2D eigenvalue weighted by molar-refractivity contribution is -0.142. The van der Waals surface area contributed by atoms with Gasteiger partial charge in [-0.3, -0.25) is 4.79 Å². The minimum absolute atomic E-state index is 0.192. The SMILES string of the molecule is CCOC(=O)Cc1ccc(OCC2CC2)c(-c2ccc(C)cc2CN(CC)C(=O)OCc2ccccc2)c1. The summed E-state index contributed by atoms with van der Waals surface area (Å²) in [4.78, 5) is 26.9. The van der Waals surface area contributed by atoms with Crippen LogP contribution in [-0.4, -0.2) is 36.7 Å². The lowest BCUT2D eigenvalue weighted by atomic mass is 9.94. The van der Waals surface area contributed by atoms with Crippen LogP contribution in [0.15, 0.2) is 66.7 Å². The Hall–Kier alpha value is -3.80. The topological polar surface area (TPSA) is 65.1 Å². The second-order valence-electron chi connectivity index (χ2n) is 9.78. The van der Waals surface area contributed by atoms with Crippen molar-refractivity contribution >= 4 is 12.1 Å². The van der Waals surface area contributed by atoms with Gasteiger partial charge >= 0.3 is 12.1 Å². The molecule has 0 heterocycles. The molecule has 1 saturated carbocycles. The largest absolute Gasteiger partial charge is 0.493 e. The zero-order chi connectivity index (χ0) is 26.9. The van der Waals surface area contributed by atoms with Crippen molar-refractivity contribution in [3.63, 3.8) is 0 Å². The van der Waals surface area contributed by atoms with E-state index < -0.39 is 0 Å². The fraction of sp³-hybridized carbons (Fsp3) is 0.375. The van der Waals surface area contributed by atoms with Crippen LogP contribution in [0.5, 0.6) is 5.75 Å². The zero-order valence-electron chi connectivity index (χ0n) is 22.6. The standard InChI is InChI=1S/C32H37NO5/c1-4-33(32(35)38-22-24-9-7-6-8-10-24)20-27-17-23(3)11-15-28(27)29-18-26(19-31(34)36-5-2)14-16-30(29)37-21-25-12-13-25/h6-11,14-18,25H,4-5,12-13,19-22H2,1-3H3. The predicted molar refractivity (Wildman–Crippen MR) is 148 cm³/mol. The fourth-order valence-electron chi connectivity index (χ4n) is 4.33. The van der Waals surface area contributed by atoms with Gasteiger partial charge in [-0.15, -0.1) is 0 Å². The van der Waals surface area contributed by atoms with Crippen molar-refractivity contribution in [2.75, 3.05) is 19.8 Å². The van der Waals surface area contributed by atoms with E-state index in [2.05, 4.69) is 18.2 Å². The summed E-state index contributed by atoms with van der Waals surface area (Å²) >= 11 is 0. The van der Waals surface area contributed by atoms with E-state index >= 15 is 0 Å². The first-order valence-corrected chi connectivity index (χ1v) is 13.4. The minimum Gasteiger partial charge on any atom is -0.493 e. The third-order valence-corrected chi connectivity index (χ3v) is 6.63. The quantitative estimate of drug-likeness (QED) is 0.251. The zero-order valence-corrected chi connectivity index (χ0v) is 22.6. The highest BCUT2D eigenvalue weighted by Gasteiger charge is 2.24. The number of ether oxygens (including phenoxy) is 3. The average molecular weight is 516 g/mol. The Labute approximate surface area is 225 Å². The van der Waals surface area contributed by atoms with Crippen LogP contribution in [-0.2, 0) is 33.8 Å². The molecule has 0 N–H and O–H groups in total. The molecule has 1 fully saturated rings. The summed E-state index contributed by atoms with van der Waals surface area (Å²) in [7, 11) is 0. The van der Waals surface area contributed by atoms with Crippen LogP contribution in [0.1, 0.15) is 48.9 Å².